The van der Waals surface area contributed by atoms with Crippen LogP contribution in [0.15, 0.2) is 18.2 Å². The summed E-state index contributed by atoms with van der Waals surface area (Å²) < 4.78 is 11.1. The number of hydrogen-bond acceptors (Lipinski definition) is 3. The van der Waals surface area contributed by atoms with Crippen molar-refractivity contribution in [3.63, 3.8) is 0 Å². The van der Waals surface area contributed by atoms with Crippen molar-refractivity contribution in [3.05, 3.63) is 23.8 Å². The zero-order chi connectivity index (χ0) is 14.0. The minimum absolute atomic E-state index is 0.254. The second-order valence-corrected chi connectivity index (χ2v) is 5.82. The van der Waals surface area contributed by atoms with Crippen molar-refractivity contribution >= 4 is 0 Å². The summed E-state index contributed by atoms with van der Waals surface area (Å²) in [6.45, 7) is 9.48. The maximum Gasteiger partial charge on any atom is 0.161 e. The highest BCUT2D eigenvalue weighted by Gasteiger charge is 2.50. The lowest BCUT2D eigenvalue weighted by atomic mass is 9.99. The molecule has 0 radical (unpaired) electrons. The molecular weight excluding hydrogens is 240 g/mol. The van der Waals surface area contributed by atoms with E-state index in [1.54, 1.807) is 0 Å². The summed E-state index contributed by atoms with van der Waals surface area (Å²) in [5.41, 5.74) is 1.17. The van der Waals surface area contributed by atoms with E-state index in [2.05, 4.69) is 13.8 Å². The summed E-state index contributed by atoms with van der Waals surface area (Å²) in [5.74, 6) is 1.81. The van der Waals surface area contributed by atoms with Crippen LogP contribution in [0, 0.1) is 11.3 Å². The molecule has 0 spiro atoms. The topological polar surface area (TPSA) is 38.7 Å². The van der Waals surface area contributed by atoms with Gasteiger partial charge in [0, 0.05) is 0 Å². The molecule has 2 unspecified atom stereocenters. The van der Waals surface area contributed by atoms with E-state index < -0.39 is 6.10 Å². The zero-order valence-electron chi connectivity index (χ0n) is 12.3. The molecule has 3 heteroatoms. The average Bonchev–Trinajstić information content (AvgIpc) is 3.00. The first-order chi connectivity index (χ1) is 8.99. The molecule has 1 aromatic carbocycles. The molecule has 19 heavy (non-hydrogen) atoms. The van der Waals surface area contributed by atoms with E-state index >= 15 is 0 Å². The van der Waals surface area contributed by atoms with Crippen LogP contribution in [-0.2, 0) is 0 Å². The molecule has 1 N–H and O–H groups in total. The molecule has 0 aliphatic heterocycles. The predicted molar refractivity (Wildman–Crippen MR) is 75.6 cm³/mol. The Kier molecular flexibility index (Phi) is 4.04. The fourth-order valence-corrected chi connectivity index (χ4v) is 2.53. The number of aliphatic hydroxyl groups excluding tert-OH is 1. The molecule has 3 nitrogen and oxygen atoms in total. The predicted octanol–water partition coefficient (Wildman–Crippen LogP) is 3.56. The first kappa shape index (κ1) is 14.2. The van der Waals surface area contributed by atoms with Gasteiger partial charge in [-0.05, 0) is 49.3 Å². The van der Waals surface area contributed by atoms with E-state index in [1.165, 1.54) is 0 Å². The molecular formula is C16H24O3. The molecule has 1 fully saturated rings. The van der Waals surface area contributed by atoms with Gasteiger partial charge in [-0.15, -0.1) is 0 Å². The second kappa shape index (κ2) is 5.41. The normalized spacial score (nSPS) is 21.8. The lowest BCUT2D eigenvalue weighted by Crippen LogP contribution is -2.06. The molecule has 1 aliphatic rings. The molecule has 0 amide bonds. The Morgan fingerprint density at radius 1 is 1.21 bits per heavy atom. The third-order valence-corrected chi connectivity index (χ3v) is 3.88. The molecule has 2 rings (SSSR count). The van der Waals surface area contributed by atoms with Crippen molar-refractivity contribution in [2.45, 2.75) is 40.2 Å². The molecule has 0 heterocycles. The number of hydrogen-bond donors (Lipinski definition) is 1. The van der Waals surface area contributed by atoms with Crippen LogP contribution in [0.2, 0.25) is 0 Å². The Morgan fingerprint density at radius 2 is 1.79 bits per heavy atom. The van der Waals surface area contributed by atoms with Gasteiger partial charge in [0.15, 0.2) is 11.5 Å². The van der Waals surface area contributed by atoms with Crippen LogP contribution in [0.1, 0.15) is 45.8 Å². The monoisotopic (exact) mass is 264 g/mol. The number of benzene rings is 1. The van der Waals surface area contributed by atoms with Crippen LogP contribution >= 0.6 is 0 Å². The average molecular weight is 264 g/mol. The molecule has 106 valence electrons. The molecule has 0 saturated heterocycles. The lowest BCUT2D eigenvalue weighted by molar-refractivity contribution is 0.138. The van der Waals surface area contributed by atoms with Crippen LogP contribution in [0.5, 0.6) is 11.5 Å². The maximum atomic E-state index is 10.4. The van der Waals surface area contributed by atoms with Gasteiger partial charge in [-0.25, -0.2) is 0 Å². The van der Waals surface area contributed by atoms with Gasteiger partial charge in [0.1, 0.15) is 0 Å². The third kappa shape index (κ3) is 3.03. The summed E-state index contributed by atoms with van der Waals surface area (Å²) in [6.07, 6.45) is 0.663. The SMILES string of the molecule is CCOc1ccc(C(O)C2CC2(C)C)cc1OCC. The van der Waals surface area contributed by atoms with E-state index in [0.29, 0.717) is 19.1 Å². The number of aliphatic hydroxyl groups is 1. The minimum Gasteiger partial charge on any atom is -0.490 e. The second-order valence-electron chi connectivity index (χ2n) is 5.82. The summed E-state index contributed by atoms with van der Waals surface area (Å²) in [4.78, 5) is 0. The Bertz CT molecular complexity index is 440. The van der Waals surface area contributed by atoms with Gasteiger partial charge in [0.25, 0.3) is 0 Å². The van der Waals surface area contributed by atoms with Gasteiger partial charge in [0.05, 0.1) is 19.3 Å². The number of ether oxygens (including phenoxy) is 2. The standard InChI is InChI=1S/C16H24O3/c1-5-18-13-8-7-11(9-14(13)19-6-2)15(17)12-10-16(12,3)4/h7-9,12,15,17H,5-6,10H2,1-4H3. The van der Waals surface area contributed by atoms with Crippen molar-refractivity contribution in [1.29, 1.82) is 0 Å². The molecule has 1 aliphatic carbocycles. The van der Waals surface area contributed by atoms with E-state index in [1.807, 2.05) is 32.0 Å². The Morgan fingerprint density at radius 3 is 2.32 bits per heavy atom. The van der Waals surface area contributed by atoms with Crippen molar-refractivity contribution in [3.8, 4) is 11.5 Å². The molecule has 2 atom stereocenters. The van der Waals surface area contributed by atoms with E-state index in [9.17, 15) is 5.11 Å². The first-order valence-corrected chi connectivity index (χ1v) is 7.07. The van der Waals surface area contributed by atoms with Crippen LogP contribution in [0.4, 0.5) is 0 Å². The van der Waals surface area contributed by atoms with Gasteiger partial charge in [-0.3, -0.25) is 0 Å². The van der Waals surface area contributed by atoms with Crippen molar-refractivity contribution in [1.82, 2.24) is 0 Å². The Labute approximate surface area is 115 Å². The summed E-state index contributed by atoms with van der Waals surface area (Å²) in [6, 6.07) is 5.74. The van der Waals surface area contributed by atoms with Gasteiger partial charge in [-0.1, -0.05) is 19.9 Å². The van der Waals surface area contributed by atoms with Crippen molar-refractivity contribution < 1.29 is 14.6 Å². The maximum absolute atomic E-state index is 10.4. The highest BCUT2D eigenvalue weighted by Crippen LogP contribution is 2.58. The van der Waals surface area contributed by atoms with Gasteiger partial charge in [-0.2, -0.15) is 0 Å². The molecule has 0 bridgehead atoms. The van der Waals surface area contributed by atoms with Crippen LogP contribution in [-0.4, -0.2) is 18.3 Å². The van der Waals surface area contributed by atoms with Crippen LogP contribution in [0.25, 0.3) is 0 Å². The van der Waals surface area contributed by atoms with Crippen molar-refractivity contribution in [2.24, 2.45) is 11.3 Å². The van der Waals surface area contributed by atoms with E-state index in [0.717, 1.165) is 23.5 Å². The molecule has 1 saturated carbocycles. The first-order valence-electron chi connectivity index (χ1n) is 7.07. The van der Waals surface area contributed by atoms with Crippen molar-refractivity contribution in [2.75, 3.05) is 13.2 Å². The summed E-state index contributed by atoms with van der Waals surface area (Å²) in [7, 11) is 0. The summed E-state index contributed by atoms with van der Waals surface area (Å²) >= 11 is 0. The summed E-state index contributed by atoms with van der Waals surface area (Å²) in [5, 5.41) is 10.4. The highest BCUT2D eigenvalue weighted by atomic mass is 16.5. The minimum atomic E-state index is -0.412. The lowest BCUT2D eigenvalue weighted by Gasteiger charge is -2.16. The molecule has 1 aromatic rings. The number of rotatable bonds is 6. The highest BCUT2D eigenvalue weighted by molar-refractivity contribution is 5.44. The smallest absolute Gasteiger partial charge is 0.161 e. The van der Waals surface area contributed by atoms with E-state index in [-0.39, 0.29) is 5.41 Å². The quantitative estimate of drug-likeness (QED) is 0.853. The Balaban J connectivity index is 2.20. The molecule has 0 aromatic heterocycles. The van der Waals surface area contributed by atoms with Crippen LogP contribution < -0.4 is 9.47 Å². The van der Waals surface area contributed by atoms with Gasteiger partial charge in [0.2, 0.25) is 0 Å². The fourth-order valence-electron chi connectivity index (χ4n) is 2.53. The van der Waals surface area contributed by atoms with E-state index in [4.69, 9.17) is 9.47 Å². The van der Waals surface area contributed by atoms with Crippen LogP contribution in [0.3, 0.4) is 0 Å². The largest absolute Gasteiger partial charge is 0.490 e. The Hall–Kier alpha value is -1.22. The van der Waals surface area contributed by atoms with Gasteiger partial charge >= 0.3 is 0 Å². The third-order valence-electron chi connectivity index (χ3n) is 3.88. The van der Waals surface area contributed by atoms with Gasteiger partial charge < -0.3 is 14.6 Å². The fraction of sp³-hybridized carbons (Fsp3) is 0.625. The zero-order valence-corrected chi connectivity index (χ0v) is 12.3.